The summed E-state index contributed by atoms with van der Waals surface area (Å²) in [6.07, 6.45) is 5.59. The molecule has 2 aliphatic carbocycles. The Balaban J connectivity index is 1.70. The third-order valence-electron chi connectivity index (χ3n) is 4.53. The van der Waals surface area contributed by atoms with Crippen molar-refractivity contribution < 1.29 is 0 Å². The van der Waals surface area contributed by atoms with Gasteiger partial charge in [0, 0.05) is 19.1 Å². The average Bonchev–Trinajstić information content (AvgIpc) is 2.86. The van der Waals surface area contributed by atoms with Gasteiger partial charge >= 0.3 is 0 Å². The quantitative estimate of drug-likeness (QED) is 0.757. The van der Waals surface area contributed by atoms with Crippen LogP contribution in [0.25, 0.3) is 0 Å². The van der Waals surface area contributed by atoms with Crippen molar-refractivity contribution in [2.75, 3.05) is 27.2 Å². The van der Waals surface area contributed by atoms with E-state index in [1.807, 2.05) is 0 Å². The lowest BCUT2D eigenvalue weighted by Crippen LogP contribution is -2.48. The molecule has 2 fully saturated rings. The monoisotopic (exact) mass is 283 g/mol. The summed E-state index contributed by atoms with van der Waals surface area (Å²) in [5.74, 6) is 1.84. The number of nitrogens with one attached hydrogen (secondary N) is 2. The first-order valence-corrected chi connectivity index (χ1v) is 7.96. The van der Waals surface area contributed by atoms with Crippen molar-refractivity contribution in [2.45, 2.75) is 45.6 Å². The number of hydrogen-bond donors (Lipinski definition) is 2. The minimum atomic E-state index is 0.240. The summed E-state index contributed by atoms with van der Waals surface area (Å²) in [6, 6.07) is 0.635. The van der Waals surface area contributed by atoms with E-state index in [2.05, 4.69) is 43.5 Å². The molecule has 4 heteroatoms. The third kappa shape index (κ3) is 4.32. The second-order valence-corrected chi connectivity index (χ2v) is 7.92. The molecule has 0 heterocycles. The van der Waals surface area contributed by atoms with E-state index in [1.54, 1.807) is 0 Å². The molecule has 0 radical (unpaired) electrons. The topological polar surface area (TPSA) is 27.3 Å². The van der Waals surface area contributed by atoms with E-state index in [1.165, 1.54) is 25.7 Å². The van der Waals surface area contributed by atoms with E-state index >= 15 is 0 Å². The highest BCUT2D eigenvalue weighted by Crippen LogP contribution is 2.44. The first-order valence-electron chi connectivity index (χ1n) is 7.55. The first-order chi connectivity index (χ1) is 8.85. The van der Waals surface area contributed by atoms with E-state index in [4.69, 9.17) is 12.2 Å². The molecule has 0 saturated heterocycles. The molecule has 0 amide bonds. The Kier molecular flexibility index (Phi) is 4.72. The molecule has 19 heavy (non-hydrogen) atoms. The Morgan fingerprint density at radius 2 is 2.00 bits per heavy atom. The van der Waals surface area contributed by atoms with Crippen molar-refractivity contribution in [2.24, 2.45) is 17.3 Å². The maximum absolute atomic E-state index is 5.45. The summed E-state index contributed by atoms with van der Waals surface area (Å²) in [4.78, 5) is 2.23. The summed E-state index contributed by atoms with van der Waals surface area (Å²) in [7, 11) is 4.24. The lowest BCUT2D eigenvalue weighted by atomic mass is 9.93. The fourth-order valence-electron chi connectivity index (χ4n) is 3.87. The predicted molar refractivity (Wildman–Crippen MR) is 85.3 cm³/mol. The Hall–Kier alpha value is -0.350. The van der Waals surface area contributed by atoms with E-state index in [0.29, 0.717) is 6.04 Å². The van der Waals surface area contributed by atoms with Crippen molar-refractivity contribution in [1.82, 2.24) is 15.5 Å². The molecule has 3 atom stereocenters. The maximum Gasteiger partial charge on any atom is 0.166 e. The molecular weight excluding hydrogens is 254 g/mol. The zero-order valence-corrected chi connectivity index (χ0v) is 13.6. The van der Waals surface area contributed by atoms with Crippen LogP contribution in [-0.2, 0) is 0 Å². The van der Waals surface area contributed by atoms with Crippen LogP contribution in [-0.4, -0.2) is 43.2 Å². The van der Waals surface area contributed by atoms with E-state index < -0.39 is 0 Å². The number of nitrogens with zero attached hydrogens (tertiary/aromatic N) is 1. The lowest BCUT2D eigenvalue weighted by Gasteiger charge is -2.30. The molecule has 2 saturated carbocycles. The second kappa shape index (κ2) is 5.96. The average molecular weight is 283 g/mol. The van der Waals surface area contributed by atoms with Gasteiger partial charge in [-0.25, -0.2) is 0 Å². The van der Waals surface area contributed by atoms with Crippen LogP contribution in [0.1, 0.15) is 39.5 Å². The highest BCUT2D eigenvalue weighted by Gasteiger charge is 2.39. The minimum absolute atomic E-state index is 0.240. The SMILES string of the molecule is CN(C)CC(C)(C)CNC(=S)N[C@H]1C[C@@H]2CC[C@H]1C2. The Labute approximate surface area is 123 Å². The molecule has 3 nitrogen and oxygen atoms in total. The van der Waals surface area contributed by atoms with Crippen molar-refractivity contribution in [3.8, 4) is 0 Å². The number of thiocarbonyl (C=S) groups is 1. The predicted octanol–water partition coefficient (Wildman–Crippen LogP) is 2.23. The zero-order valence-electron chi connectivity index (χ0n) is 12.8. The summed E-state index contributed by atoms with van der Waals surface area (Å²) in [6.45, 7) is 6.55. The summed E-state index contributed by atoms with van der Waals surface area (Å²) in [5.41, 5.74) is 0.240. The van der Waals surface area contributed by atoms with Crippen LogP contribution in [0.3, 0.4) is 0 Å². The standard InChI is InChI=1S/C15H29N3S/c1-15(2,10-18(3)4)9-16-14(19)17-13-8-11-5-6-12(13)7-11/h11-13H,5-10H2,1-4H3,(H2,16,17,19)/t11-,12+,13+/m1/s1. The van der Waals surface area contributed by atoms with Gasteiger partial charge in [0.05, 0.1) is 0 Å². The normalized spacial score (nSPS) is 29.8. The molecule has 2 rings (SSSR count). The zero-order chi connectivity index (χ0) is 14.0. The molecule has 0 spiro atoms. The van der Waals surface area contributed by atoms with Crippen molar-refractivity contribution in [3.05, 3.63) is 0 Å². The van der Waals surface area contributed by atoms with E-state index in [9.17, 15) is 0 Å². The van der Waals surface area contributed by atoms with Crippen LogP contribution in [0, 0.1) is 17.3 Å². The summed E-state index contributed by atoms with van der Waals surface area (Å²) < 4.78 is 0. The highest BCUT2D eigenvalue weighted by molar-refractivity contribution is 7.80. The van der Waals surface area contributed by atoms with Crippen LogP contribution in [0.5, 0.6) is 0 Å². The van der Waals surface area contributed by atoms with Crippen LogP contribution >= 0.6 is 12.2 Å². The first kappa shape index (κ1) is 15.0. The molecule has 0 aromatic rings. The van der Waals surface area contributed by atoms with Gasteiger partial charge in [-0.1, -0.05) is 20.3 Å². The fraction of sp³-hybridized carbons (Fsp3) is 0.933. The van der Waals surface area contributed by atoms with Crippen molar-refractivity contribution in [3.63, 3.8) is 0 Å². The summed E-state index contributed by atoms with van der Waals surface area (Å²) in [5, 5.41) is 7.80. The van der Waals surface area contributed by atoms with Crippen molar-refractivity contribution >= 4 is 17.3 Å². The van der Waals surface area contributed by atoms with Gasteiger partial charge in [-0.15, -0.1) is 0 Å². The highest BCUT2D eigenvalue weighted by atomic mass is 32.1. The number of rotatable bonds is 5. The number of fused-ring (bicyclic) bond motifs is 2. The van der Waals surface area contributed by atoms with Crippen LogP contribution in [0.15, 0.2) is 0 Å². The third-order valence-corrected chi connectivity index (χ3v) is 4.79. The Bertz CT molecular complexity index is 327. The second-order valence-electron chi connectivity index (χ2n) is 7.51. The Morgan fingerprint density at radius 3 is 2.53 bits per heavy atom. The summed E-state index contributed by atoms with van der Waals surface area (Å²) >= 11 is 5.45. The molecule has 2 aliphatic rings. The molecule has 0 aromatic heterocycles. The fourth-order valence-corrected chi connectivity index (χ4v) is 4.10. The van der Waals surface area contributed by atoms with Gasteiger partial charge in [-0.05, 0) is 62.8 Å². The van der Waals surface area contributed by atoms with Gasteiger partial charge in [0.1, 0.15) is 0 Å². The van der Waals surface area contributed by atoms with Crippen LogP contribution in [0.4, 0.5) is 0 Å². The molecule has 110 valence electrons. The largest absolute Gasteiger partial charge is 0.362 e. The van der Waals surface area contributed by atoms with Gasteiger partial charge in [-0.2, -0.15) is 0 Å². The van der Waals surface area contributed by atoms with Gasteiger partial charge < -0.3 is 15.5 Å². The van der Waals surface area contributed by atoms with Gasteiger partial charge in [0.15, 0.2) is 5.11 Å². The van der Waals surface area contributed by atoms with Gasteiger partial charge in [0.25, 0.3) is 0 Å². The molecule has 0 aliphatic heterocycles. The van der Waals surface area contributed by atoms with Crippen LogP contribution < -0.4 is 10.6 Å². The number of hydrogen-bond acceptors (Lipinski definition) is 2. The lowest BCUT2D eigenvalue weighted by molar-refractivity contribution is 0.241. The Morgan fingerprint density at radius 1 is 1.26 bits per heavy atom. The minimum Gasteiger partial charge on any atom is -0.362 e. The molecule has 2 N–H and O–H groups in total. The van der Waals surface area contributed by atoms with Gasteiger partial charge in [-0.3, -0.25) is 0 Å². The molecule has 0 unspecified atom stereocenters. The molecule has 0 aromatic carbocycles. The van der Waals surface area contributed by atoms with E-state index in [-0.39, 0.29) is 5.41 Å². The van der Waals surface area contributed by atoms with E-state index in [0.717, 1.165) is 30.0 Å². The van der Waals surface area contributed by atoms with Crippen LogP contribution in [0.2, 0.25) is 0 Å². The van der Waals surface area contributed by atoms with Crippen molar-refractivity contribution in [1.29, 1.82) is 0 Å². The smallest absolute Gasteiger partial charge is 0.166 e. The molecular formula is C15H29N3S. The van der Waals surface area contributed by atoms with Gasteiger partial charge in [0.2, 0.25) is 0 Å². The molecule has 2 bridgehead atoms. The maximum atomic E-state index is 5.45.